The second-order valence-electron chi connectivity index (χ2n) is 5.59. The zero-order valence-corrected chi connectivity index (χ0v) is 14.1. The number of hydrazone groups is 1. The average molecular weight is 338 g/mol. The van der Waals surface area contributed by atoms with Gasteiger partial charge in [0.25, 0.3) is 5.56 Å². The van der Waals surface area contributed by atoms with Gasteiger partial charge in [0.2, 0.25) is 5.95 Å². The molecule has 25 heavy (non-hydrogen) atoms. The van der Waals surface area contributed by atoms with Crippen molar-refractivity contribution in [3.8, 4) is 0 Å². The number of aromatic amines is 1. The summed E-state index contributed by atoms with van der Waals surface area (Å²) in [7, 11) is 3.23. The van der Waals surface area contributed by atoms with Crippen molar-refractivity contribution in [3.05, 3.63) is 62.8 Å². The third-order valence-electron chi connectivity index (χ3n) is 3.78. The van der Waals surface area contributed by atoms with Gasteiger partial charge in [-0.15, -0.1) is 0 Å². The first-order chi connectivity index (χ1) is 12.0. The number of rotatable bonds is 4. The van der Waals surface area contributed by atoms with Gasteiger partial charge in [-0.2, -0.15) is 10.1 Å². The van der Waals surface area contributed by atoms with E-state index < -0.39 is 11.2 Å². The van der Waals surface area contributed by atoms with Crippen LogP contribution in [0.25, 0.3) is 17.2 Å². The normalized spacial score (nSPS) is 12.2. The molecule has 1 aromatic carbocycles. The minimum atomic E-state index is -0.507. The van der Waals surface area contributed by atoms with Crippen LogP contribution in [0, 0.1) is 0 Å². The minimum Gasteiger partial charge on any atom is -0.306 e. The Morgan fingerprint density at radius 1 is 1.20 bits per heavy atom. The fraction of sp³-hybridized carbons (Fsp3) is 0.176. The summed E-state index contributed by atoms with van der Waals surface area (Å²) in [6.07, 6.45) is 3.82. The minimum absolute atomic E-state index is 0.298. The van der Waals surface area contributed by atoms with E-state index in [1.54, 1.807) is 18.7 Å². The largest absolute Gasteiger partial charge is 0.329 e. The monoisotopic (exact) mass is 338 g/mol. The molecule has 3 rings (SSSR count). The lowest BCUT2D eigenvalue weighted by Gasteiger charge is -2.01. The number of allylic oxidation sites excluding steroid dienone is 1. The van der Waals surface area contributed by atoms with Crippen molar-refractivity contribution in [1.29, 1.82) is 0 Å². The molecule has 0 aliphatic carbocycles. The van der Waals surface area contributed by atoms with E-state index in [9.17, 15) is 9.59 Å². The number of H-pyrrole nitrogens is 1. The number of benzene rings is 1. The first-order valence-electron chi connectivity index (χ1n) is 7.66. The molecular weight excluding hydrogens is 320 g/mol. The second-order valence-corrected chi connectivity index (χ2v) is 5.59. The molecule has 0 aliphatic rings. The van der Waals surface area contributed by atoms with Gasteiger partial charge in [0.05, 0.1) is 5.71 Å². The van der Waals surface area contributed by atoms with E-state index in [0.29, 0.717) is 17.1 Å². The molecule has 0 radical (unpaired) electrons. The highest BCUT2D eigenvalue weighted by Gasteiger charge is 2.14. The van der Waals surface area contributed by atoms with E-state index in [4.69, 9.17) is 0 Å². The number of hydrogen-bond acceptors (Lipinski definition) is 5. The van der Waals surface area contributed by atoms with Crippen molar-refractivity contribution in [2.45, 2.75) is 6.92 Å². The Morgan fingerprint density at radius 3 is 2.64 bits per heavy atom. The van der Waals surface area contributed by atoms with Crippen molar-refractivity contribution < 1.29 is 0 Å². The summed E-state index contributed by atoms with van der Waals surface area (Å²) in [6.45, 7) is 1.84. The number of nitrogens with one attached hydrogen (secondary N) is 2. The Labute approximate surface area is 143 Å². The molecule has 0 fully saturated rings. The van der Waals surface area contributed by atoms with Crippen LogP contribution < -0.4 is 16.7 Å². The van der Waals surface area contributed by atoms with Crippen LogP contribution in [0.5, 0.6) is 0 Å². The maximum absolute atomic E-state index is 12.0. The molecular formula is C17H18N6O2. The Balaban J connectivity index is 1.88. The van der Waals surface area contributed by atoms with E-state index >= 15 is 0 Å². The van der Waals surface area contributed by atoms with Crippen LogP contribution in [-0.4, -0.2) is 24.8 Å². The number of nitrogens with zero attached hydrogens (tertiary/aromatic N) is 4. The van der Waals surface area contributed by atoms with Gasteiger partial charge in [-0.05, 0) is 18.6 Å². The van der Waals surface area contributed by atoms with E-state index in [0.717, 1.165) is 11.3 Å². The summed E-state index contributed by atoms with van der Waals surface area (Å²) in [6, 6.07) is 9.88. The quantitative estimate of drug-likeness (QED) is 0.556. The van der Waals surface area contributed by atoms with Crippen molar-refractivity contribution in [3.63, 3.8) is 0 Å². The summed E-state index contributed by atoms with van der Waals surface area (Å²) in [4.78, 5) is 30.2. The molecule has 8 heteroatoms. The SMILES string of the molecule is CC(C=Cc1ccccc1)=NNc1nc2c(c(=O)[nH]c(=O)n2C)n1C. The predicted octanol–water partition coefficient (Wildman–Crippen LogP) is 1.46. The van der Waals surface area contributed by atoms with Gasteiger partial charge in [0, 0.05) is 14.1 Å². The number of anilines is 1. The molecule has 0 aliphatic heterocycles. The maximum Gasteiger partial charge on any atom is 0.329 e. The second kappa shape index (κ2) is 6.60. The van der Waals surface area contributed by atoms with Gasteiger partial charge in [-0.1, -0.05) is 36.4 Å². The Kier molecular flexibility index (Phi) is 4.34. The van der Waals surface area contributed by atoms with Gasteiger partial charge >= 0.3 is 5.69 Å². The smallest absolute Gasteiger partial charge is 0.306 e. The molecule has 3 aromatic rings. The number of hydrogen-bond donors (Lipinski definition) is 2. The Hall–Kier alpha value is -3.42. The van der Waals surface area contributed by atoms with Crippen molar-refractivity contribution >= 4 is 28.9 Å². The molecule has 0 bridgehead atoms. The van der Waals surface area contributed by atoms with Crippen LogP contribution in [0.3, 0.4) is 0 Å². The summed E-state index contributed by atoms with van der Waals surface area (Å²) in [5.41, 5.74) is 4.25. The highest BCUT2D eigenvalue weighted by Crippen LogP contribution is 2.12. The molecule has 2 aromatic heterocycles. The van der Waals surface area contributed by atoms with Crippen LogP contribution in [0.4, 0.5) is 5.95 Å². The number of aryl methyl sites for hydroxylation is 2. The van der Waals surface area contributed by atoms with E-state index in [1.807, 2.05) is 49.4 Å². The molecule has 2 heterocycles. The molecule has 2 N–H and O–H groups in total. The number of aromatic nitrogens is 4. The lowest BCUT2D eigenvalue weighted by atomic mass is 10.2. The van der Waals surface area contributed by atoms with Gasteiger partial charge in [-0.25, -0.2) is 10.2 Å². The van der Waals surface area contributed by atoms with Gasteiger partial charge in [0.1, 0.15) is 0 Å². The van der Waals surface area contributed by atoms with E-state index in [1.165, 1.54) is 4.57 Å². The van der Waals surface area contributed by atoms with Crippen molar-refractivity contribution in [1.82, 2.24) is 19.1 Å². The molecule has 0 amide bonds. The van der Waals surface area contributed by atoms with Gasteiger partial charge < -0.3 is 4.57 Å². The topological polar surface area (TPSA) is 97.1 Å². The lowest BCUT2D eigenvalue weighted by molar-refractivity contribution is 0.829. The highest BCUT2D eigenvalue weighted by atomic mass is 16.2. The molecule has 0 spiro atoms. The summed E-state index contributed by atoms with van der Waals surface area (Å²) >= 11 is 0. The van der Waals surface area contributed by atoms with Crippen LogP contribution in [0.2, 0.25) is 0 Å². The zero-order valence-electron chi connectivity index (χ0n) is 14.1. The summed E-state index contributed by atoms with van der Waals surface area (Å²) < 4.78 is 2.85. The lowest BCUT2D eigenvalue weighted by Crippen LogP contribution is -2.29. The predicted molar refractivity (Wildman–Crippen MR) is 98.8 cm³/mol. The van der Waals surface area contributed by atoms with Gasteiger partial charge in [-0.3, -0.25) is 14.3 Å². The van der Waals surface area contributed by atoms with Gasteiger partial charge in [0.15, 0.2) is 11.2 Å². The number of imidazole rings is 1. The molecule has 0 saturated carbocycles. The molecule has 8 nitrogen and oxygen atoms in total. The third kappa shape index (κ3) is 3.27. The molecule has 0 unspecified atom stereocenters. The fourth-order valence-electron chi connectivity index (χ4n) is 2.36. The van der Waals surface area contributed by atoms with Crippen LogP contribution in [0.15, 0.2) is 51.1 Å². The molecule has 0 atom stereocenters. The van der Waals surface area contributed by atoms with Crippen LogP contribution in [0.1, 0.15) is 12.5 Å². The highest BCUT2D eigenvalue weighted by molar-refractivity contribution is 5.96. The van der Waals surface area contributed by atoms with Crippen molar-refractivity contribution in [2.75, 3.05) is 5.43 Å². The third-order valence-corrected chi connectivity index (χ3v) is 3.78. The first kappa shape index (κ1) is 16.4. The summed E-state index contributed by atoms with van der Waals surface area (Å²) in [5.74, 6) is 0.370. The zero-order chi connectivity index (χ0) is 18.0. The van der Waals surface area contributed by atoms with Crippen LogP contribution in [-0.2, 0) is 14.1 Å². The van der Waals surface area contributed by atoms with Crippen LogP contribution >= 0.6 is 0 Å². The standard InChI is InChI=1S/C17H18N6O2/c1-11(9-10-12-7-5-4-6-8-12)20-21-16-18-14-13(22(16)2)15(24)19-17(25)23(14)3/h4-10H,1-3H3,(H,18,21)(H,19,24,25). The fourth-order valence-corrected chi connectivity index (χ4v) is 2.36. The molecule has 128 valence electrons. The van der Waals surface area contributed by atoms with Crippen molar-refractivity contribution in [2.24, 2.45) is 19.2 Å². The summed E-state index contributed by atoms with van der Waals surface area (Å²) in [5, 5.41) is 4.24. The number of fused-ring (bicyclic) bond motifs is 1. The maximum atomic E-state index is 12.0. The Morgan fingerprint density at radius 2 is 1.92 bits per heavy atom. The molecule has 0 saturated heterocycles. The first-order valence-corrected chi connectivity index (χ1v) is 7.66. The average Bonchev–Trinajstić information content (AvgIpc) is 2.94. The van der Waals surface area contributed by atoms with E-state index in [2.05, 4.69) is 20.5 Å². The van der Waals surface area contributed by atoms with E-state index in [-0.39, 0.29) is 0 Å². The Bertz CT molecular complexity index is 1090.